The number of amides is 2. The molecule has 2 heterocycles. The molecule has 1 aromatic heterocycles. The van der Waals surface area contributed by atoms with Crippen molar-refractivity contribution in [1.29, 1.82) is 0 Å². The van der Waals surface area contributed by atoms with Crippen LogP contribution in [0.15, 0.2) is 28.6 Å². The number of benzene rings is 1. The number of urea groups is 1. The molecule has 25 heavy (non-hydrogen) atoms. The van der Waals surface area contributed by atoms with Gasteiger partial charge in [-0.05, 0) is 25.3 Å². The third-order valence-electron chi connectivity index (χ3n) is 4.25. The van der Waals surface area contributed by atoms with E-state index in [1.54, 1.807) is 11.8 Å². The molecule has 0 unspecified atom stereocenters. The predicted octanol–water partition coefficient (Wildman–Crippen LogP) is 4.94. The Morgan fingerprint density at radius 3 is 2.52 bits per heavy atom. The van der Waals surface area contributed by atoms with E-state index in [1.165, 1.54) is 41.7 Å². The van der Waals surface area contributed by atoms with Crippen LogP contribution in [0.25, 0.3) is 0 Å². The van der Waals surface area contributed by atoms with Crippen LogP contribution in [0.5, 0.6) is 0 Å². The SMILES string of the molecule is Cc1ccc(CSc2nnc(NC(=O)N3CCCCCCC3)s2)cc1. The Bertz CT molecular complexity index is 679. The number of nitrogens with one attached hydrogen (secondary N) is 1. The van der Waals surface area contributed by atoms with Crippen molar-refractivity contribution < 1.29 is 4.79 Å². The van der Waals surface area contributed by atoms with Gasteiger partial charge in [0, 0.05) is 18.8 Å². The molecule has 0 aliphatic carbocycles. The first kappa shape index (κ1) is 18.2. The second-order valence-electron chi connectivity index (χ2n) is 6.33. The average molecular weight is 377 g/mol. The molecule has 1 fully saturated rings. The fraction of sp³-hybridized carbons (Fsp3) is 0.500. The number of thioether (sulfide) groups is 1. The largest absolute Gasteiger partial charge is 0.324 e. The van der Waals surface area contributed by atoms with Crippen molar-refractivity contribution in [1.82, 2.24) is 15.1 Å². The summed E-state index contributed by atoms with van der Waals surface area (Å²) in [6.45, 7) is 3.75. The maximum atomic E-state index is 12.4. The highest BCUT2D eigenvalue weighted by Crippen LogP contribution is 2.28. The predicted molar refractivity (Wildman–Crippen MR) is 104 cm³/mol. The molecule has 1 aliphatic heterocycles. The first-order valence-electron chi connectivity index (χ1n) is 8.78. The highest BCUT2D eigenvalue weighted by molar-refractivity contribution is 8.00. The van der Waals surface area contributed by atoms with Gasteiger partial charge in [-0.1, -0.05) is 72.2 Å². The van der Waals surface area contributed by atoms with E-state index in [2.05, 4.69) is 46.7 Å². The highest BCUT2D eigenvalue weighted by atomic mass is 32.2. The van der Waals surface area contributed by atoms with Gasteiger partial charge in [-0.3, -0.25) is 5.32 Å². The first-order chi connectivity index (χ1) is 12.2. The van der Waals surface area contributed by atoms with Gasteiger partial charge < -0.3 is 4.90 Å². The van der Waals surface area contributed by atoms with Gasteiger partial charge in [0.25, 0.3) is 0 Å². The molecule has 0 radical (unpaired) electrons. The fourth-order valence-corrected chi connectivity index (χ4v) is 4.47. The molecule has 1 aliphatic rings. The summed E-state index contributed by atoms with van der Waals surface area (Å²) in [5, 5.41) is 11.8. The third-order valence-corrected chi connectivity index (χ3v) is 6.29. The van der Waals surface area contributed by atoms with Crippen molar-refractivity contribution >= 4 is 34.3 Å². The standard InChI is InChI=1S/C18H24N4OS2/c1-14-7-9-15(10-8-14)13-24-18-21-20-16(25-18)19-17(23)22-11-5-3-2-4-6-12-22/h7-10H,2-6,11-13H2,1H3,(H,19,20,23). The van der Waals surface area contributed by atoms with Gasteiger partial charge in [-0.15, -0.1) is 10.2 Å². The van der Waals surface area contributed by atoms with Crippen LogP contribution in [0.3, 0.4) is 0 Å². The number of hydrogen-bond donors (Lipinski definition) is 1. The Hall–Kier alpha value is -1.60. The zero-order valence-corrected chi connectivity index (χ0v) is 16.2. The quantitative estimate of drug-likeness (QED) is 0.607. The Morgan fingerprint density at radius 2 is 1.80 bits per heavy atom. The number of nitrogens with zero attached hydrogens (tertiary/aromatic N) is 3. The second-order valence-corrected chi connectivity index (χ2v) is 8.53. The summed E-state index contributed by atoms with van der Waals surface area (Å²) in [6, 6.07) is 8.45. The minimum absolute atomic E-state index is 0.0480. The molecule has 3 rings (SSSR count). The van der Waals surface area contributed by atoms with Crippen molar-refractivity contribution in [2.45, 2.75) is 49.1 Å². The van der Waals surface area contributed by atoms with Gasteiger partial charge in [0.1, 0.15) is 0 Å². The smallest absolute Gasteiger partial charge is 0.323 e. The number of likely N-dealkylation sites (tertiary alicyclic amines) is 1. The average Bonchev–Trinajstić information content (AvgIpc) is 3.01. The van der Waals surface area contributed by atoms with Crippen LogP contribution >= 0.6 is 23.1 Å². The maximum absolute atomic E-state index is 12.4. The van der Waals surface area contributed by atoms with E-state index in [1.807, 2.05) is 4.90 Å². The van der Waals surface area contributed by atoms with Crippen LogP contribution in [0, 0.1) is 6.92 Å². The van der Waals surface area contributed by atoms with Crippen LogP contribution in [-0.4, -0.2) is 34.2 Å². The number of aromatic nitrogens is 2. The van der Waals surface area contributed by atoms with Gasteiger partial charge in [0.05, 0.1) is 0 Å². The summed E-state index contributed by atoms with van der Waals surface area (Å²) in [5.41, 5.74) is 2.52. The summed E-state index contributed by atoms with van der Waals surface area (Å²) >= 11 is 3.09. The summed E-state index contributed by atoms with van der Waals surface area (Å²) in [5.74, 6) is 0.856. The van der Waals surface area contributed by atoms with E-state index >= 15 is 0 Å². The molecule has 2 amide bonds. The lowest BCUT2D eigenvalue weighted by molar-refractivity contribution is 0.206. The van der Waals surface area contributed by atoms with Crippen molar-refractivity contribution in [3.63, 3.8) is 0 Å². The molecule has 1 aromatic carbocycles. The van der Waals surface area contributed by atoms with Crippen molar-refractivity contribution in [3.8, 4) is 0 Å². The summed E-state index contributed by atoms with van der Waals surface area (Å²) < 4.78 is 0.878. The zero-order chi connectivity index (χ0) is 17.5. The lowest BCUT2D eigenvalue weighted by Gasteiger charge is -2.24. The van der Waals surface area contributed by atoms with Crippen molar-refractivity contribution in [2.75, 3.05) is 18.4 Å². The first-order valence-corrected chi connectivity index (χ1v) is 10.6. The molecule has 0 atom stereocenters. The van der Waals surface area contributed by atoms with E-state index in [0.717, 1.165) is 36.0 Å². The van der Waals surface area contributed by atoms with Crippen LogP contribution < -0.4 is 5.32 Å². The lowest BCUT2D eigenvalue weighted by Crippen LogP contribution is -2.37. The summed E-state index contributed by atoms with van der Waals surface area (Å²) in [4.78, 5) is 14.3. The maximum Gasteiger partial charge on any atom is 0.323 e. The Kier molecular flexibility index (Phi) is 6.69. The minimum atomic E-state index is -0.0480. The van der Waals surface area contributed by atoms with E-state index in [-0.39, 0.29) is 6.03 Å². The number of aryl methyl sites for hydroxylation is 1. The Morgan fingerprint density at radius 1 is 1.12 bits per heavy atom. The van der Waals surface area contributed by atoms with E-state index in [4.69, 9.17) is 0 Å². The monoisotopic (exact) mass is 376 g/mol. The minimum Gasteiger partial charge on any atom is -0.324 e. The molecule has 5 nitrogen and oxygen atoms in total. The molecule has 0 saturated carbocycles. The molecule has 2 aromatic rings. The molecule has 134 valence electrons. The van der Waals surface area contributed by atoms with Gasteiger partial charge in [-0.2, -0.15) is 0 Å². The van der Waals surface area contributed by atoms with Crippen molar-refractivity contribution in [2.24, 2.45) is 0 Å². The zero-order valence-electron chi connectivity index (χ0n) is 14.5. The van der Waals surface area contributed by atoms with Gasteiger partial charge in [-0.25, -0.2) is 4.79 Å². The number of rotatable bonds is 4. The van der Waals surface area contributed by atoms with Crippen LogP contribution in [0.4, 0.5) is 9.93 Å². The molecule has 0 bridgehead atoms. The van der Waals surface area contributed by atoms with E-state index in [0.29, 0.717) is 5.13 Å². The molecule has 1 saturated heterocycles. The molecular weight excluding hydrogens is 352 g/mol. The highest BCUT2D eigenvalue weighted by Gasteiger charge is 2.16. The number of hydrogen-bond acceptors (Lipinski definition) is 5. The van der Waals surface area contributed by atoms with Crippen LogP contribution in [0.2, 0.25) is 0 Å². The van der Waals surface area contributed by atoms with Gasteiger partial charge in [0.15, 0.2) is 4.34 Å². The number of carbonyl (C=O) groups excluding carboxylic acids is 1. The van der Waals surface area contributed by atoms with Gasteiger partial charge >= 0.3 is 6.03 Å². The molecule has 1 N–H and O–H groups in total. The second kappa shape index (κ2) is 9.20. The molecule has 7 heteroatoms. The summed E-state index contributed by atoms with van der Waals surface area (Å²) in [6.07, 6.45) is 5.88. The van der Waals surface area contributed by atoms with Crippen molar-refractivity contribution in [3.05, 3.63) is 35.4 Å². The van der Waals surface area contributed by atoms with Gasteiger partial charge in [0.2, 0.25) is 5.13 Å². The van der Waals surface area contributed by atoms with E-state index < -0.39 is 0 Å². The lowest BCUT2D eigenvalue weighted by atomic mass is 10.1. The fourth-order valence-electron chi connectivity index (χ4n) is 2.77. The topological polar surface area (TPSA) is 58.1 Å². The third kappa shape index (κ3) is 5.71. The Labute approximate surface area is 157 Å². The molecule has 0 spiro atoms. The number of carbonyl (C=O) groups is 1. The summed E-state index contributed by atoms with van der Waals surface area (Å²) in [7, 11) is 0. The van der Waals surface area contributed by atoms with E-state index in [9.17, 15) is 4.79 Å². The Balaban J connectivity index is 1.50. The number of anilines is 1. The molecular formula is C18H24N4OS2. The van der Waals surface area contributed by atoms with Crippen LogP contribution in [-0.2, 0) is 5.75 Å². The van der Waals surface area contributed by atoms with Crippen LogP contribution in [0.1, 0.15) is 43.2 Å². The normalized spacial score (nSPS) is 15.5.